The summed E-state index contributed by atoms with van der Waals surface area (Å²) in [4.78, 5) is 12.6. The van der Waals surface area contributed by atoms with Crippen LogP contribution in [0.5, 0.6) is 5.75 Å². The Balaban J connectivity index is 1.91. The maximum atomic E-state index is 12.6. The number of nitrogens with one attached hydrogen (secondary N) is 1. The minimum atomic E-state index is -0.482. The molecule has 0 saturated carbocycles. The zero-order chi connectivity index (χ0) is 23.1. The molecule has 0 bridgehead atoms. The quantitative estimate of drug-likeness (QED) is 0.236. The molecule has 1 amide bonds. The molecule has 0 atom stereocenters. The van der Waals surface area contributed by atoms with Gasteiger partial charge < -0.3 is 10.1 Å². The zero-order valence-electron chi connectivity index (χ0n) is 17.2. The molecular weight excluding hydrogens is 556 g/mol. The van der Waals surface area contributed by atoms with E-state index in [-0.39, 0.29) is 5.57 Å². The number of hydrogen-bond acceptors (Lipinski definition) is 3. The number of hydrogen-bond donors (Lipinski definition) is 1. The van der Waals surface area contributed by atoms with Gasteiger partial charge in [-0.2, -0.15) is 5.26 Å². The minimum Gasteiger partial charge on any atom is -0.494 e. The van der Waals surface area contributed by atoms with Crippen LogP contribution in [0.2, 0.25) is 5.02 Å². The molecule has 0 spiro atoms. The summed E-state index contributed by atoms with van der Waals surface area (Å²) < 4.78 is 7.57. The SMILES string of the molecule is CCOc1cc(/C=C(\C#N)C(=O)Nc2ccc(Br)cc2)cc(Br)c1Cc1ccccc1Cl. The molecule has 0 heterocycles. The molecule has 0 radical (unpaired) electrons. The number of carbonyl (C=O) groups excluding carboxylic acids is 1. The summed E-state index contributed by atoms with van der Waals surface area (Å²) in [5.74, 6) is 0.183. The topological polar surface area (TPSA) is 62.1 Å². The molecule has 0 aliphatic heterocycles. The van der Waals surface area contributed by atoms with E-state index in [0.717, 1.165) is 20.1 Å². The number of ether oxygens (including phenoxy) is 1. The van der Waals surface area contributed by atoms with Gasteiger partial charge in [-0.3, -0.25) is 4.79 Å². The Labute approximate surface area is 209 Å². The third-order valence-corrected chi connectivity index (χ3v) is 6.18. The van der Waals surface area contributed by atoms with Crippen molar-refractivity contribution in [2.24, 2.45) is 0 Å². The van der Waals surface area contributed by atoms with Crippen LogP contribution in [-0.2, 0) is 11.2 Å². The molecule has 0 aliphatic rings. The first-order valence-corrected chi connectivity index (χ1v) is 11.7. The molecule has 3 aromatic rings. The zero-order valence-corrected chi connectivity index (χ0v) is 21.1. The first kappa shape index (κ1) is 24.1. The van der Waals surface area contributed by atoms with Gasteiger partial charge >= 0.3 is 0 Å². The van der Waals surface area contributed by atoms with Gasteiger partial charge in [-0.15, -0.1) is 0 Å². The van der Waals surface area contributed by atoms with Gasteiger partial charge in [0, 0.05) is 31.6 Å². The van der Waals surface area contributed by atoms with Crippen LogP contribution < -0.4 is 10.1 Å². The van der Waals surface area contributed by atoms with Crippen LogP contribution in [0.3, 0.4) is 0 Å². The first-order chi connectivity index (χ1) is 15.4. The predicted octanol–water partition coefficient (Wildman–Crippen LogP) is 7.40. The van der Waals surface area contributed by atoms with Gasteiger partial charge in [0.25, 0.3) is 5.91 Å². The van der Waals surface area contributed by atoms with Crippen LogP contribution in [0, 0.1) is 11.3 Å². The summed E-state index contributed by atoms with van der Waals surface area (Å²) in [6.45, 7) is 2.38. The third-order valence-electron chi connectivity index (χ3n) is 4.58. The van der Waals surface area contributed by atoms with Crippen molar-refractivity contribution in [3.63, 3.8) is 0 Å². The molecule has 0 fully saturated rings. The summed E-state index contributed by atoms with van der Waals surface area (Å²) in [6.07, 6.45) is 2.12. The Morgan fingerprint density at radius 3 is 2.53 bits per heavy atom. The van der Waals surface area contributed by atoms with Gasteiger partial charge in [0.1, 0.15) is 17.4 Å². The molecule has 0 aliphatic carbocycles. The van der Waals surface area contributed by atoms with Crippen LogP contribution in [-0.4, -0.2) is 12.5 Å². The highest BCUT2D eigenvalue weighted by Gasteiger charge is 2.15. The average molecular weight is 575 g/mol. The lowest BCUT2D eigenvalue weighted by atomic mass is 10.0. The fraction of sp³-hybridized carbons (Fsp3) is 0.120. The highest BCUT2D eigenvalue weighted by Crippen LogP contribution is 2.33. The second-order valence-electron chi connectivity index (χ2n) is 6.81. The number of carbonyl (C=O) groups is 1. The molecule has 3 aromatic carbocycles. The van der Waals surface area contributed by atoms with Crippen molar-refractivity contribution < 1.29 is 9.53 Å². The van der Waals surface area contributed by atoms with Crippen LogP contribution in [0.4, 0.5) is 5.69 Å². The van der Waals surface area contributed by atoms with Crippen molar-refractivity contribution in [2.45, 2.75) is 13.3 Å². The van der Waals surface area contributed by atoms with Crippen LogP contribution >= 0.6 is 43.5 Å². The number of nitrogens with zero attached hydrogens (tertiary/aromatic N) is 1. The second kappa shape index (κ2) is 11.3. The van der Waals surface area contributed by atoms with E-state index in [1.165, 1.54) is 0 Å². The first-order valence-electron chi connectivity index (χ1n) is 9.78. The monoisotopic (exact) mass is 572 g/mol. The van der Waals surface area contributed by atoms with Gasteiger partial charge in [0.05, 0.1) is 6.61 Å². The summed E-state index contributed by atoms with van der Waals surface area (Å²) >= 11 is 13.3. The molecule has 1 N–H and O–H groups in total. The largest absolute Gasteiger partial charge is 0.494 e. The molecule has 3 rings (SSSR count). The molecule has 4 nitrogen and oxygen atoms in total. The molecule has 0 unspecified atom stereocenters. The molecular formula is C25H19Br2ClN2O2. The summed E-state index contributed by atoms with van der Waals surface area (Å²) in [5, 5.41) is 13.0. The van der Waals surface area contributed by atoms with E-state index in [1.807, 2.05) is 61.5 Å². The normalized spacial score (nSPS) is 11.0. The lowest BCUT2D eigenvalue weighted by Crippen LogP contribution is -2.13. The summed E-state index contributed by atoms with van der Waals surface area (Å²) in [7, 11) is 0. The third kappa shape index (κ3) is 6.23. The lowest BCUT2D eigenvalue weighted by molar-refractivity contribution is -0.112. The van der Waals surface area contributed by atoms with E-state index < -0.39 is 5.91 Å². The van der Waals surface area contributed by atoms with Crippen LogP contribution in [0.15, 0.2) is 75.2 Å². The predicted molar refractivity (Wildman–Crippen MR) is 136 cm³/mol. The molecule has 0 saturated heterocycles. The Bertz CT molecular complexity index is 1200. The summed E-state index contributed by atoms with van der Waals surface area (Å²) in [6, 6.07) is 20.5. The van der Waals surface area contributed by atoms with Gasteiger partial charge in [0.15, 0.2) is 0 Å². The van der Waals surface area contributed by atoms with E-state index in [2.05, 4.69) is 37.2 Å². The number of anilines is 1. The number of rotatable bonds is 7. The van der Waals surface area contributed by atoms with Crippen molar-refractivity contribution in [2.75, 3.05) is 11.9 Å². The standard InChI is InChI=1S/C25H19Br2ClN2O2/c1-2-32-24-13-16(12-22(27)21(24)14-17-5-3-4-6-23(17)28)11-18(15-29)25(31)30-20-9-7-19(26)8-10-20/h3-13H,2,14H2,1H3,(H,30,31)/b18-11+. The number of halogens is 3. The Kier molecular flexibility index (Phi) is 8.52. The van der Waals surface area contributed by atoms with E-state index >= 15 is 0 Å². The smallest absolute Gasteiger partial charge is 0.266 e. The van der Waals surface area contributed by atoms with Gasteiger partial charge in [0.2, 0.25) is 0 Å². The molecule has 7 heteroatoms. The van der Waals surface area contributed by atoms with Crippen LogP contribution in [0.25, 0.3) is 6.08 Å². The molecule has 0 aromatic heterocycles. The van der Waals surface area contributed by atoms with E-state index in [1.54, 1.807) is 18.2 Å². The van der Waals surface area contributed by atoms with Crippen LogP contribution in [0.1, 0.15) is 23.6 Å². The highest BCUT2D eigenvalue weighted by molar-refractivity contribution is 9.10. The minimum absolute atomic E-state index is 0.0129. The van der Waals surface area contributed by atoms with Crippen molar-refractivity contribution >= 4 is 61.1 Å². The van der Waals surface area contributed by atoms with Gasteiger partial charge in [-0.25, -0.2) is 0 Å². The van der Waals surface area contributed by atoms with Gasteiger partial charge in [-0.1, -0.05) is 61.7 Å². The number of amides is 1. The van der Waals surface area contributed by atoms with Gasteiger partial charge in [-0.05, 0) is 66.6 Å². The number of nitriles is 1. The number of benzene rings is 3. The summed E-state index contributed by atoms with van der Waals surface area (Å²) in [5.41, 5.74) is 3.18. The van der Waals surface area contributed by atoms with Crippen molar-refractivity contribution in [3.05, 3.63) is 96.9 Å². The lowest BCUT2D eigenvalue weighted by Gasteiger charge is -2.15. The Hall–Kier alpha value is -2.59. The van der Waals surface area contributed by atoms with E-state index in [9.17, 15) is 10.1 Å². The maximum absolute atomic E-state index is 12.6. The van der Waals surface area contributed by atoms with E-state index in [0.29, 0.717) is 35.1 Å². The Morgan fingerprint density at radius 2 is 1.88 bits per heavy atom. The molecule has 162 valence electrons. The fourth-order valence-corrected chi connectivity index (χ4v) is 4.12. The van der Waals surface area contributed by atoms with E-state index in [4.69, 9.17) is 16.3 Å². The van der Waals surface area contributed by atoms with Crippen molar-refractivity contribution in [1.82, 2.24) is 0 Å². The second-order valence-corrected chi connectivity index (χ2v) is 8.99. The fourth-order valence-electron chi connectivity index (χ4n) is 3.05. The van der Waals surface area contributed by atoms with Crippen molar-refractivity contribution in [3.8, 4) is 11.8 Å². The molecule has 32 heavy (non-hydrogen) atoms. The van der Waals surface area contributed by atoms with Crippen molar-refractivity contribution in [1.29, 1.82) is 5.26 Å². The Morgan fingerprint density at radius 1 is 1.16 bits per heavy atom. The maximum Gasteiger partial charge on any atom is 0.266 e. The average Bonchev–Trinajstić information content (AvgIpc) is 2.77. The highest BCUT2D eigenvalue weighted by atomic mass is 79.9.